The summed E-state index contributed by atoms with van der Waals surface area (Å²) in [5.41, 5.74) is 2.27. The lowest BCUT2D eigenvalue weighted by Gasteiger charge is -2.13. The van der Waals surface area contributed by atoms with Gasteiger partial charge >= 0.3 is 0 Å². The first-order chi connectivity index (χ1) is 17.0. The van der Waals surface area contributed by atoms with E-state index in [4.69, 9.17) is 25.8 Å². The minimum absolute atomic E-state index is 0.0198. The number of halogens is 1. The number of rotatable bonds is 9. The van der Waals surface area contributed by atoms with E-state index in [2.05, 4.69) is 4.99 Å². The van der Waals surface area contributed by atoms with Gasteiger partial charge in [0.2, 0.25) is 0 Å². The van der Waals surface area contributed by atoms with Crippen molar-refractivity contribution in [2.45, 2.75) is 6.61 Å². The van der Waals surface area contributed by atoms with Gasteiger partial charge in [-0.1, -0.05) is 29.8 Å². The molecule has 176 valence electrons. The predicted molar refractivity (Wildman–Crippen MR) is 136 cm³/mol. The monoisotopic (exact) mass is 488 g/mol. The van der Waals surface area contributed by atoms with Crippen molar-refractivity contribution >= 4 is 29.2 Å². The molecule has 0 amide bonds. The first-order valence-corrected chi connectivity index (χ1v) is 11.0. The lowest BCUT2D eigenvalue weighted by molar-refractivity contribution is -0.384. The molecular formula is C27H21ClN2O5. The number of methoxy groups -OCH3 is 1. The van der Waals surface area contributed by atoms with E-state index >= 15 is 0 Å². The van der Waals surface area contributed by atoms with Crippen LogP contribution in [0.1, 0.15) is 11.1 Å². The summed E-state index contributed by atoms with van der Waals surface area (Å²) in [7, 11) is 1.52. The number of nitro benzene ring substituents is 1. The molecular weight excluding hydrogens is 468 g/mol. The lowest BCUT2D eigenvalue weighted by atomic mass is 10.2. The number of nitrogens with zero attached hydrogens (tertiary/aromatic N) is 2. The van der Waals surface area contributed by atoms with Crippen LogP contribution in [0.15, 0.2) is 96.0 Å². The van der Waals surface area contributed by atoms with Gasteiger partial charge < -0.3 is 14.2 Å². The molecule has 0 bridgehead atoms. The predicted octanol–water partition coefficient (Wildman–Crippen LogP) is 7.38. The molecule has 0 radical (unpaired) electrons. The van der Waals surface area contributed by atoms with E-state index in [1.165, 1.54) is 19.2 Å². The summed E-state index contributed by atoms with van der Waals surface area (Å²) in [6.45, 7) is 0.179. The summed E-state index contributed by atoms with van der Waals surface area (Å²) in [6, 6.07) is 26.6. The first kappa shape index (κ1) is 23.8. The largest absolute Gasteiger partial charge is 0.493 e. The zero-order chi connectivity index (χ0) is 24.6. The third-order valence-electron chi connectivity index (χ3n) is 4.96. The summed E-state index contributed by atoms with van der Waals surface area (Å²) < 4.78 is 17.1. The van der Waals surface area contributed by atoms with Gasteiger partial charge in [0.15, 0.2) is 11.5 Å². The van der Waals surface area contributed by atoms with Crippen LogP contribution in [0.2, 0.25) is 5.02 Å². The van der Waals surface area contributed by atoms with Crippen LogP contribution >= 0.6 is 11.6 Å². The highest BCUT2D eigenvalue weighted by Gasteiger charge is 2.12. The van der Waals surface area contributed by atoms with Gasteiger partial charge in [-0.3, -0.25) is 15.1 Å². The van der Waals surface area contributed by atoms with Crippen LogP contribution in [0.3, 0.4) is 0 Å². The van der Waals surface area contributed by atoms with Gasteiger partial charge in [0.05, 0.1) is 22.7 Å². The second kappa shape index (κ2) is 11.2. The van der Waals surface area contributed by atoms with Gasteiger partial charge in [-0.25, -0.2) is 0 Å². The second-order valence-corrected chi connectivity index (χ2v) is 7.82. The molecule has 0 heterocycles. The van der Waals surface area contributed by atoms with Gasteiger partial charge in [0.25, 0.3) is 5.69 Å². The molecule has 0 atom stereocenters. The molecule has 4 aromatic rings. The maximum atomic E-state index is 10.8. The highest BCUT2D eigenvalue weighted by molar-refractivity contribution is 6.32. The average molecular weight is 489 g/mol. The lowest BCUT2D eigenvalue weighted by Crippen LogP contribution is -2.00. The number of ether oxygens (including phenoxy) is 3. The Bertz CT molecular complexity index is 1320. The van der Waals surface area contributed by atoms with E-state index in [0.29, 0.717) is 16.5 Å². The molecule has 4 rings (SSSR count). The molecule has 0 aliphatic carbocycles. The Morgan fingerprint density at radius 3 is 2.29 bits per heavy atom. The zero-order valence-electron chi connectivity index (χ0n) is 18.8. The van der Waals surface area contributed by atoms with Gasteiger partial charge in [0.1, 0.15) is 18.1 Å². The zero-order valence-corrected chi connectivity index (χ0v) is 19.5. The molecule has 7 nitrogen and oxygen atoms in total. The number of non-ortho nitro benzene ring substituents is 1. The van der Waals surface area contributed by atoms with E-state index in [0.717, 1.165) is 28.3 Å². The number of para-hydroxylation sites is 1. The smallest absolute Gasteiger partial charge is 0.269 e. The molecule has 0 saturated carbocycles. The van der Waals surface area contributed by atoms with Crippen molar-refractivity contribution in [1.82, 2.24) is 0 Å². The molecule has 0 unspecified atom stereocenters. The van der Waals surface area contributed by atoms with Crippen LogP contribution in [0.5, 0.6) is 23.0 Å². The minimum Gasteiger partial charge on any atom is -0.493 e. The van der Waals surface area contributed by atoms with Crippen LogP contribution in [0.4, 0.5) is 11.4 Å². The van der Waals surface area contributed by atoms with Gasteiger partial charge in [0, 0.05) is 18.3 Å². The maximum Gasteiger partial charge on any atom is 0.269 e. The number of hydrogen-bond donors (Lipinski definition) is 0. The van der Waals surface area contributed by atoms with Crippen molar-refractivity contribution in [2.75, 3.05) is 7.11 Å². The third kappa shape index (κ3) is 6.37. The summed E-state index contributed by atoms with van der Waals surface area (Å²) in [4.78, 5) is 14.9. The Hall–Kier alpha value is -4.36. The van der Waals surface area contributed by atoms with Gasteiger partial charge in [-0.15, -0.1) is 0 Å². The average Bonchev–Trinajstić information content (AvgIpc) is 2.88. The summed E-state index contributed by atoms with van der Waals surface area (Å²) >= 11 is 6.45. The number of benzene rings is 4. The van der Waals surface area contributed by atoms with Gasteiger partial charge in [-0.05, 0) is 71.8 Å². The Morgan fingerprint density at radius 1 is 0.943 bits per heavy atom. The Balaban J connectivity index is 1.43. The standard InChI is InChI=1S/C27H21ClN2O5/c1-33-26-16-20(15-25(28)27(26)34-18-19-7-11-22(12-8-19)30(31)32)17-29-21-9-13-24(14-10-21)35-23-5-3-2-4-6-23/h2-17H,18H2,1H3. The molecule has 0 saturated heterocycles. The topological polar surface area (TPSA) is 83.2 Å². The van der Waals surface area contributed by atoms with Crippen LogP contribution in [0.25, 0.3) is 0 Å². The molecule has 35 heavy (non-hydrogen) atoms. The fourth-order valence-electron chi connectivity index (χ4n) is 3.20. The Labute approximate surface area is 207 Å². The van der Waals surface area contributed by atoms with E-state index in [9.17, 15) is 10.1 Å². The molecule has 8 heteroatoms. The summed E-state index contributed by atoms with van der Waals surface area (Å²) in [5, 5.41) is 11.2. The van der Waals surface area contributed by atoms with E-state index in [-0.39, 0.29) is 12.3 Å². The van der Waals surface area contributed by atoms with Crippen molar-refractivity contribution in [1.29, 1.82) is 0 Å². The quantitative estimate of drug-likeness (QED) is 0.139. The van der Waals surface area contributed by atoms with Crippen LogP contribution in [0, 0.1) is 10.1 Å². The molecule has 0 aliphatic rings. The van der Waals surface area contributed by atoms with Crippen molar-refractivity contribution in [3.05, 3.63) is 117 Å². The minimum atomic E-state index is -0.447. The Morgan fingerprint density at radius 2 is 1.63 bits per heavy atom. The maximum absolute atomic E-state index is 10.8. The van der Waals surface area contributed by atoms with Gasteiger partial charge in [-0.2, -0.15) is 0 Å². The summed E-state index contributed by atoms with van der Waals surface area (Å²) in [6.07, 6.45) is 1.68. The van der Waals surface area contributed by atoms with E-state index < -0.39 is 4.92 Å². The molecule has 0 spiro atoms. The van der Waals surface area contributed by atoms with E-state index in [1.54, 1.807) is 30.5 Å². The molecule has 0 fully saturated rings. The fraction of sp³-hybridized carbons (Fsp3) is 0.0741. The molecule has 0 aliphatic heterocycles. The van der Waals surface area contributed by atoms with Crippen molar-refractivity contribution in [3.63, 3.8) is 0 Å². The van der Waals surface area contributed by atoms with Crippen molar-refractivity contribution in [3.8, 4) is 23.0 Å². The highest BCUT2D eigenvalue weighted by Crippen LogP contribution is 2.37. The number of aliphatic imine (C=N–C) groups is 1. The highest BCUT2D eigenvalue weighted by atomic mass is 35.5. The number of hydrogen-bond acceptors (Lipinski definition) is 6. The van der Waals surface area contributed by atoms with Crippen LogP contribution < -0.4 is 14.2 Å². The summed E-state index contributed by atoms with van der Waals surface area (Å²) in [5.74, 6) is 2.32. The molecule has 0 aromatic heterocycles. The van der Waals surface area contributed by atoms with Crippen molar-refractivity contribution < 1.29 is 19.1 Å². The second-order valence-electron chi connectivity index (χ2n) is 7.41. The van der Waals surface area contributed by atoms with Crippen LogP contribution in [-0.2, 0) is 6.61 Å². The molecule has 4 aromatic carbocycles. The Kier molecular flexibility index (Phi) is 7.60. The SMILES string of the molecule is COc1cc(C=Nc2ccc(Oc3ccccc3)cc2)cc(Cl)c1OCc1ccc([N+](=O)[O-])cc1. The van der Waals surface area contributed by atoms with Crippen LogP contribution in [-0.4, -0.2) is 18.2 Å². The third-order valence-corrected chi connectivity index (χ3v) is 5.24. The molecule has 0 N–H and O–H groups in total. The van der Waals surface area contributed by atoms with E-state index in [1.807, 2.05) is 54.6 Å². The first-order valence-electron chi connectivity index (χ1n) is 10.6. The van der Waals surface area contributed by atoms with Crippen molar-refractivity contribution in [2.24, 2.45) is 4.99 Å². The normalized spacial score (nSPS) is 10.8. The number of nitro groups is 1. The fourth-order valence-corrected chi connectivity index (χ4v) is 3.47.